The van der Waals surface area contributed by atoms with Crippen LogP contribution in [0, 0.1) is 15.9 Å². The molecular weight excluding hydrogens is 299 g/mol. The zero-order valence-electron chi connectivity index (χ0n) is 10.8. The average Bonchev–Trinajstić information content (AvgIpc) is 2.48. The topological polar surface area (TPSA) is 82.3 Å². The molecule has 2 rings (SSSR count). The fraction of sp³-hybridized carbons (Fsp3) is 0.0769. The molecular formula is C13H9FN2O4S. The van der Waals surface area contributed by atoms with Gasteiger partial charge in [-0.3, -0.25) is 10.1 Å². The maximum Gasteiger partial charge on any atom is 0.356 e. The van der Waals surface area contributed by atoms with Crippen molar-refractivity contribution < 1.29 is 18.8 Å². The van der Waals surface area contributed by atoms with Crippen LogP contribution in [0.25, 0.3) is 0 Å². The van der Waals surface area contributed by atoms with Crippen molar-refractivity contribution in [2.75, 3.05) is 7.11 Å². The Bertz CT molecular complexity index is 691. The highest BCUT2D eigenvalue weighted by atomic mass is 32.2. The first kappa shape index (κ1) is 14.9. The Kier molecular flexibility index (Phi) is 4.49. The molecule has 0 aliphatic heterocycles. The monoisotopic (exact) mass is 308 g/mol. The highest BCUT2D eigenvalue weighted by Gasteiger charge is 2.20. The van der Waals surface area contributed by atoms with Crippen molar-refractivity contribution in [3.05, 3.63) is 58.0 Å². The number of pyridine rings is 1. The number of ether oxygens (including phenoxy) is 1. The molecule has 0 N–H and O–H groups in total. The van der Waals surface area contributed by atoms with Gasteiger partial charge in [0.25, 0.3) is 0 Å². The Hall–Kier alpha value is -2.48. The quantitative estimate of drug-likeness (QED) is 0.490. The van der Waals surface area contributed by atoms with Crippen molar-refractivity contribution in [1.29, 1.82) is 0 Å². The SMILES string of the molecule is COC(=O)c1ccc([N+](=O)[O-])c(Sc2ccc(F)cc2)n1. The summed E-state index contributed by atoms with van der Waals surface area (Å²) in [5.74, 6) is -1.10. The molecule has 0 fully saturated rings. The average molecular weight is 308 g/mol. The molecule has 0 unspecified atom stereocenters. The fourth-order valence-corrected chi connectivity index (χ4v) is 2.37. The standard InChI is InChI=1S/C13H9FN2O4S/c1-20-13(17)10-6-7-11(16(18)19)12(15-10)21-9-4-2-8(14)3-5-9/h2-7H,1H3. The Morgan fingerprint density at radius 2 is 1.95 bits per heavy atom. The lowest BCUT2D eigenvalue weighted by atomic mass is 10.3. The molecule has 0 radical (unpaired) electrons. The van der Waals surface area contributed by atoms with Crippen LogP contribution in [0.5, 0.6) is 0 Å². The molecule has 21 heavy (non-hydrogen) atoms. The zero-order chi connectivity index (χ0) is 15.4. The number of halogens is 1. The van der Waals surface area contributed by atoms with Gasteiger partial charge in [0.15, 0.2) is 5.03 Å². The number of nitro groups is 1. The van der Waals surface area contributed by atoms with E-state index in [9.17, 15) is 19.3 Å². The van der Waals surface area contributed by atoms with Gasteiger partial charge in [-0.1, -0.05) is 11.8 Å². The third kappa shape index (κ3) is 3.54. The second-order valence-electron chi connectivity index (χ2n) is 3.83. The van der Waals surface area contributed by atoms with E-state index in [1.54, 1.807) is 0 Å². The maximum atomic E-state index is 12.9. The lowest BCUT2D eigenvalue weighted by molar-refractivity contribution is -0.388. The molecule has 108 valence electrons. The van der Waals surface area contributed by atoms with Crippen LogP contribution in [0.2, 0.25) is 0 Å². The van der Waals surface area contributed by atoms with Crippen molar-refractivity contribution in [2.45, 2.75) is 9.92 Å². The number of rotatable bonds is 4. The van der Waals surface area contributed by atoms with Crippen LogP contribution in [0.3, 0.4) is 0 Å². The van der Waals surface area contributed by atoms with E-state index in [0.29, 0.717) is 4.90 Å². The molecule has 0 spiro atoms. The summed E-state index contributed by atoms with van der Waals surface area (Å²) in [4.78, 5) is 26.3. The summed E-state index contributed by atoms with van der Waals surface area (Å²) in [5, 5.41) is 11.0. The van der Waals surface area contributed by atoms with Crippen molar-refractivity contribution in [2.24, 2.45) is 0 Å². The third-order valence-electron chi connectivity index (χ3n) is 2.46. The summed E-state index contributed by atoms with van der Waals surface area (Å²) in [6.45, 7) is 0. The Morgan fingerprint density at radius 1 is 1.29 bits per heavy atom. The molecule has 0 amide bonds. The minimum absolute atomic E-state index is 0.0345. The summed E-state index contributed by atoms with van der Waals surface area (Å²) in [5.41, 5.74) is -0.273. The molecule has 0 atom stereocenters. The first-order chi connectivity index (χ1) is 10.0. The molecule has 6 nitrogen and oxygen atoms in total. The van der Waals surface area contributed by atoms with Gasteiger partial charge in [-0.05, 0) is 30.3 Å². The normalized spacial score (nSPS) is 10.2. The number of benzene rings is 1. The molecule has 0 saturated heterocycles. The van der Waals surface area contributed by atoms with E-state index in [4.69, 9.17) is 0 Å². The largest absolute Gasteiger partial charge is 0.464 e. The predicted molar refractivity (Wildman–Crippen MR) is 72.8 cm³/mol. The van der Waals surface area contributed by atoms with E-state index < -0.39 is 16.7 Å². The molecule has 1 heterocycles. The van der Waals surface area contributed by atoms with Gasteiger partial charge in [0.05, 0.1) is 12.0 Å². The van der Waals surface area contributed by atoms with Crippen LogP contribution >= 0.6 is 11.8 Å². The third-order valence-corrected chi connectivity index (χ3v) is 3.46. The van der Waals surface area contributed by atoms with Crippen LogP contribution < -0.4 is 0 Å². The molecule has 0 bridgehead atoms. The molecule has 2 aromatic rings. The van der Waals surface area contributed by atoms with Crippen LogP contribution in [-0.4, -0.2) is 23.0 Å². The minimum Gasteiger partial charge on any atom is -0.464 e. The van der Waals surface area contributed by atoms with Gasteiger partial charge >= 0.3 is 11.7 Å². The molecule has 8 heteroatoms. The van der Waals surface area contributed by atoms with E-state index in [0.717, 1.165) is 11.8 Å². The van der Waals surface area contributed by atoms with Gasteiger partial charge in [-0.25, -0.2) is 14.2 Å². The smallest absolute Gasteiger partial charge is 0.356 e. The second kappa shape index (κ2) is 6.31. The highest BCUT2D eigenvalue weighted by molar-refractivity contribution is 7.99. The zero-order valence-corrected chi connectivity index (χ0v) is 11.6. The summed E-state index contributed by atoms with van der Waals surface area (Å²) in [6, 6.07) is 7.81. The first-order valence-corrected chi connectivity index (χ1v) is 6.50. The minimum atomic E-state index is -0.689. The Morgan fingerprint density at radius 3 is 2.52 bits per heavy atom. The number of carbonyl (C=O) groups excluding carboxylic acids is 1. The van der Waals surface area contributed by atoms with Crippen LogP contribution in [-0.2, 0) is 4.74 Å². The van der Waals surface area contributed by atoms with E-state index in [2.05, 4.69) is 9.72 Å². The number of nitrogens with zero attached hydrogens (tertiary/aromatic N) is 2. The summed E-state index contributed by atoms with van der Waals surface area (Å²) >= 11 is 0.966. The van der Waals surface area contributed by atoms with Crippen molar-refractivity contribution in [3.63, 3.8) is 0 Å². The predicted octanol–water partition coefficient (Wildman–Crippen LogP) is 3.07. The molecule has 0 aliphatic rings. The van der Waals surface area contributed by atoms with Gasteiger partial charge in [-0.2, -0.15) is 0 Å². The van der Waals surface area contributed by atoms with Crippen LogP contribution in [0.1, 0.15) is 10.5 Å². The Balaban J connectivity index is 2.40. The van der Waals surface area contributed by atoms with E-state index in [1.165, 1.54) is 43.5 Å². The Labute approximate surface area is 123 Å². The van der Waals surface area contributed by atoms with Gasteiger partial charge in [-0.15, -0.1) is 0 Å². The number of methoxy groups -OCH3 is 1. The molecule has 1 aromatic carbocycles. The van der Waals surface area contributed by atoms with Gasteiger partial charge in [0, 0.05) is 11.0 Å². The summed E-state index contributed by atoms with van der Waals surface area (Å²) in [7, 11) is 1.19. The van der Waals surface area contributed by atoms with Gasteiger partial charge in [0.1, 0.15) is 11.5 Å². The number of hydrogen-bond donors (Lipinski definition) is 0. The first-order valence-electron chi connectivity index (χ1n) is 5.68. The summed E-state index contributed by atoms with van der Waals surface area (Å²) in [6.07, 6.45) is 0. The van der Waals surface area contributed by atoms with E-state index >= 15 is 0 Å². The lowest BCUT2D eigenvalue weighted by Crippen LogP contribution is -2.06. The molecule has 0 aliphatic carbocycles. The van der Waals surface area contributed by atoms with Gasteiger partial charge < -0.3 is 4.74 Å². The second-order valence-corrected chi connectivity index (χ2v) is 4.89. The molecule has 1 aromatic heterocycles. The number of esters is 1. The van der Waals surface area contributed by atoms with E-state index in [1.807, 2.05) is 0 Å². The van der Waals surface area contributed by atoms with Crippen LogP contribution in [0.4, 0.5) is 10.1 Å². The number of aromatic nitrogens is 1. The van der Waals surface area contributed by atoms with Gasteiger partial charge in [0.2, 0.25) is 0 Å². The maximum absolute atomic E-state index is 12.9. The van der Waals surface area contributed by atoms with Crippen molar-refractivity contribution >= 4 is 23.4 Å². The molecule has 0 saturated carbocycles. The number of carbonyl (C=O) groups is 1. The lowest BCUT2D eigenvalue weighted by Gasteiger charge is -2.04. The summed E-state index contributed by atoms with van der Waals surface area (Å²) < 4.78 is 17.4. The fourth-order valence-electron chi connectivity index (χ4n) is 1.48. The van der Waals surface area contributed by atoms with Crippen molar-refractivity contribution in [3.8, 4) is 0 Å². The van der Waals surface area contributed by atoms with E-state index in [-0.39, 0.29) is 16.4 Å². The highest BCUT2D eigenvalue weighted by Crippen LogP contribution is 2.33. The van der Waals surface area contributed by atoms with Crippen molar-refractivity contribution in [1.82, 2.24) is 4.98 Å². The number of hydrogen-bond acceptors (Lipinski definition) is 6. The van der Waals surface area contributed by atoms with Crippen LogP contribution in [0.15, 0.2) is 46.3 Å².